The second-order valence-corrected chi connectivity index (χ2v) is 18.9. The summed E-state index contributed by atoms with van der Waals surface area (Å²) in [5.74, 6) is -1.86. The number of benzene rings is 7. The zero-order valence-electron chi connectivity index (χ0n) is 31.8. The van der Waals surface area contributed by atoms with Gasteiger partial charge in [0, 0.05) is 36.8 Å². The lowest BCUT2D eigenvalue weighted by atomic mass is 9.88. The van der Waals surface area contributed by atoms with E-state index in [1.165, 1.54) is 24.3 Å². The normalized spacial score (nSPS) is 13.1. The van der Waals surface area contributed by atoms with Crippen molar-refractivity contribution in [3.63, 3.8) is 0 Å². The van der Waals surface area contributed by atoms with Crippen LogP contribution in [0.1, 0.15) is 44.5 Å². The molecule has 7 aromatic carbocycles. The molecular weight excluding hydrogens is 841 g/mol. The minimum atomic E-state index is -5.24. The van der Waals surface area contributed by atoms with Gasteiger partial charge in [0.2, 0.25) is 0 Å². The van der Waals surface area contributed by atoms with E-state index in [2.05, 4.69) is 0 Å². The highest BCUT2D eigenvalue weighted by molar-refractivity contribution is 7.87. The first-order chi connectivity index (χ1) is 28.9. The van der Waals surface area contributed by atoms with Gasteiger partial charge in [0.1, 0.15) is 42.4 Å². The van der Waals surface area contributed by atoms with Crippen molar-refractivity contribution in [2.75, 3.05) is 0 Å². The topological polar surface area (TPSA) is 221 Å². The van der Waals surface area contributed by atoms with Crippen molar-refractivity contribution < 1.29 is 53.9 Å². The van der Waals surface area contributed by atoms with Crippen molar-refractivity contribution in [2.45, 2.75) is 40.4 Å². The molecule has 0 saturated carbocycles. The van der Waals surface area contributed by atoms with Crippen LogP contribution < -0.4 is 9.29 Å². The molecule has 8 rings (SSSR count). The van der Waals surface area contributed by atoms with Gasteiger partial charge in [0.15, 0.2) is 0 Å². The predicted octanol–water partition coefficient (Wildman–Crippen LogP) is 6.76. The summed E-state index contributed by atoms with van der Waals surface area (Å²) < 4.78 is 109. The van der Waals surface area contributed by atoms with E-state index >= 15 is 0 Å². The Morgan fingerprint density at radius 3 is 1.13 bits per heavy atom. The highest BCUT2D eigenvalue weighted by Crippen LogP contribution is 2.42. The van der Waals surface area contributed by atoms with E-state index in [1.54, 1.807) is 60.7 Å². The molecule has 0 spiro atoms. The molecule has 0 aliphatic heterocycles. The largest absolute Gasteiger partial charge is 0.872 e. The maximum atomic E-state index is 14.2. The van der Waals surface area contributed by atoms with E-state index in [-0.39, 0.29) is 67.3 Å². The fourth-order valence-corrected chi connectivity index (χ4v) is 9.75. The molecule has 0 atom stereocenters. The Hall–Kier alpha value is -6.49. The third-order valence-corrected chi connectivity index (χ3v) is 13.4. The number of phenols is 2. The average Bonchev–Trinajstić information content (AvgIpc) is 3.22. The molecule has 1 aliphatic rings. The van der Waals surface area contributed by atoms with Gasteiger partial charge in [0.05, 0.1) is 9.79 Å². The minimum Gasteiger partial charge on any atom is -0.872 e. The van der Waals surface area contributed by atoms with Crippen LogP contribution in [0.15, 0.2) is 154 Å². The van der Waals surface area contributed by atoms with Crippen molar-refractivity contribution in [2.24, 2.45) is 0 Å². The Kier molecular flexibility index (Phi) is 10.7. The molecular formula is C46H33O12S3-3. The van der Waals surface area contributed by atoms with E-state index < -0.39 is 70.9 Å². The van der Waals surface area contributed by atoms with Gasteiger partial charge in [0.25, 0.3) is 0 Å². The van der Waals surface area contributed by atoms with Gasteiger partial charge in [-0.2, -0.15) is 8.42 Å². The van der Waals surface area contributed by atoms with Crippen LogP contribution in [0.3, 0.4) is 0 Å². The van der Waals surface area contributed by atoms with Gasteiger partial charge in [-0.15, -0.1) is 5.75 Å². The number of fused-ring (bicyclic) bond motifs is 8. The number of phenolic OH excluding ortho intramolecular Hbond substituents is 2. The molecule has 0 saturated heterocycles. The Morgan fingerprint density at radius 2 is 0.738 bits per heavy atom. The SMILES string of the molecule is O=S(=O)([O-])c1cc2c([O-])c(c1)Cc1cc(S(=O)(=O)[O-])cc(c1O)Cc1cc(-c3ccccc3)cc(c1OS(=O)(=O)c1ccccc1)Cc1cc(-c3ccccc3)cc(c1O)C2. The lowest BCUT2D eigenvalue weighted by molar-refractivity contribution is -0.270. The molecule has 0 radical (unpaired) electrons. The number of hydrogen-bond donors (Lipinski definition) is 2. The molecule has 12 nitrogen and oxygen atoms in total. The summed E-state index contributed by atoms with van der Waals surface area (Å²) in [7, 11) is -15.0. The van der Waals surface area contributed by atoms with E-state index in [0.717, 1.165) is 24.3 Å². The van der Waals surface area contributed by atoms with Crippen LogP contribution in [0, 0.1) is 0 Å². The van der Waals surface area contributed by atoms with E-state index in [0.29, 0.717) is 22.3 Å². The predicted molar refractivity (Wildman–Crippen MR) is 221 cm³/mol. The first kappa shape index (κ1) is 41.3. The lowest BCUT2D eigenvalue weighted by Gasteiger charge is -2.25. The number of rotatable bonds is 7. The molecule has 310 valence electrons. The molecule has 0 fully saturated rings. The van der Waals surface area contributed by atoms with Crippen molar-refractivity contribution in [1.82, 2.24) is 0 Å². The minimum absolute atomic E-state index is 0.120. The molecule has 2 N–H and O–H groups in total. The molecule has 0 heterocycles. The summed E-state index contributed by atoms with van der Waals surface area (Å²) in [6.07, 6.45) is -1.69. The molecule has 61 heavy (non-hydrogen) atoms. The van der Waals surface area contributed by atoms with Crippen molar-refractivity contribution in [1.29, 1.82) is 0 Å². The Bertz CT molecular complexity index is 3190. The quantitative estimate of drug-likeness (QED) is 0.125. The van der Waals surface area contributed by atoms with Gasteiger partial charge < -0.3 is 28.6 Å². The van der Waals surface area contributed by atoms with Crippen LogP contribution in [-0.2, 0) is 56.0 Å². The first-order valence-corrected chi connectivity index (χ1v) is 22.9. The summed E-state index contributed by atoms with van der Waals surface area (Å²) >= 11 is 0. The molecule has 15 heteroatoms. The van der Waals surface area contributed by atoms with Crippen molar-refractivity contribution in [3.8, 4) is 45.3 Å². The molecule has 1 aliphatic carbocycles. The van der Waals surface area contributed by atoms with Gasteiger partial charge in [-0.3, -0.25) is 0 Å². The lowest BCUT2D eigenvalue weighted by Crippen LogP contribution is -2.14. The zero-order chi connectivity index (χ0) is 43.3. The molecule has 8 bridgehead atoms. The van der Waals surface area contributed by atoms with Crippen LogP contribution in [0.5, 0.6) is 23.0 Å². The Labute approximate surface area is 352 Å². The van der Waals surface area contributed by atoms with Gasteiger partial charge >= 0.3 is 10.1 Å². The second kappa shape index (κ2) is 15.8. The average molecular weight is 874 g/mol. The van der Waals surface area contributed by atoms with Gasteiger partial charge in [-0.05, 0) is 116 Å². The Morgan fingerprint density at radius 1 is 0.410 bits per heavy atom. The summed E-state index contributed by atoms with van der Waals surface area (Å²) in [6.45, 7) is 0. The fraction of sp³-hybridized carbons (Fsp3) is 0.0870. The van der Waals surface area contributed by atoms with Crippen LogP contribution in [0.2, 0.25) is 0 Å². The van der Waals surface area contributed by atoms with E-state index in [4.69, 9.17) is 4.18 Å². The first-order valence-electron chi connectivity index (χ1n) is 18.6. The van der Waals surface area contributed by atoms with E-state index in [9.17, 15) is 49.7 Å². The third-order valence-electron chi connectivity index (χ3n) is 10.5. The zero-order valence-corrected chi connectivity index (χ0v) is 34.3. The van der Waals surface area contributed by atoms with E-state index in [1.807, 2.05) is 30.3 Å². The number of hydrogen-bond acceptors (Lipinski definition) is 12. The fourth-order valence-electron chi connectivity index (χ4n) is 7.59. The maximum absolute atomic E-state index is 14.2. The number of aromatic hydroxyl groups is 2. The van der Waals surface area contributed by atoms with Crippen LogP contribution in [0.25, 0.3) is 22.3 Å². The van der Waals surface area contributed by atoms with Crippen LogP contribution in [0.4, 0.5) is 0 Å². The smallest absolute Gasteiger partial charge is 0.339 e. The summed E-state index contributed by atoms with van der Waals surface area (Å²) in [6, 6.07) is 35.5. The summed E-state index contributed by atoms with van der Waals surface area (Å²) in [5.41, 5.74) is 2.25. The van der Waals surface area contributed by atoms with Crippen LogP contribution >= 0.6 is 0 Å². The van der Waals surface area contributed by atoms with Crippen LogP contribution in [-0.4, -0.2) is 44.6 Å². The molecule has 0 unspecified atom stereocenters. The summed E-state index contributed by atoms with van der Waals surface area (Å²) in [4.78, 5) is -1.77. The van der Waals surface area contributed by atoms with Gasteiger partial charge in [-0.25, -0.2) is 16.8 Å². The van der Waals surface area contributed by atoms with Gasteiger partial charge in [-0.1, -0.05) is 78.9 Å². The third kappa shape index (κ3) is 8.60. The molecule has 7 aromatic rings. The monoisotopic (exact) mass is 873 g/mol. The maximum Gasteiger partial charge on any atom is 0.339 e. The van der Waals surface area contributed by atoms with Crippen molar-refractivity contribution in [3.05, 3.63) is 184 Å². The molecule has 0 amide bonds. The summed E-state index contributed by atoms with van der Waals surface area (Å²) in [5, 5.41) is 38.1. The molecule has 0 aromatic heterocycles. The van der Waals surface area contributed by atoms with Crippen molar-refractivity contribution >= 4 is 30.4 Å². The Balaban J connectivity index is 1.48. The standard InChI is InChI=1S/C46H36O12S3/c47-43-32-16-30(28-10-4-1-5-11-28)17-33(43)22-38-18-31(29-12-6-2-7-13-29)19-39(46(38)58-61(56,57)40-14-8-3-9-15-40)23-37-27-42(60(53,54)55)26-36(45(37)49)21-35-25-41(59(50,51)52)24-34(20-32)44(35)48/h1-19,24-27,47-49H,20-23H2,(H,50,51,52)(H,53,54,55)/p-3. The second-order valence-electron chi connectivity index (χ2n) is 14.6. The highest BCUT2D eigenvalue weighted by atomic mass is 32.2. The highest BCUT2D eigenvalue weighted by Gasteiger charge is 2.26.